The Morgan fingerprint density at radius 1 is 1.00 bits per heavy atom. The highest BCUT2D eigenvalue weighted by Crippen LogP contribution is 2.25. The van der Waals surface area contributed by atoms with Crippen LogP contribution in [0.1, 0.15) is 47.2 Å². The van der Waals surface area contributed by atoms with Gasteiger partial charge in [0.25, 0.3) is 0 Å². The summed E-state index contributed by atoms with van der Waals surface area (Å²) < 4.78 is 9.85. The summed E-state index contributed by atoms with van der Waals surface area (Å²) in [7, 11) is 3.00. The maximum Gasteiger partial charge on any atom is 0.305 e. The summed E-state index contributed by atoms with van der Waals surface area (Å²) in [6.45, 7) is 3.86. The number of hydrogen-bond acceptors (Lipinski definition) is 4. The monoisotopic (exact) mass is 278 g/mol. The van der Waals surface area contributed by atoms with Crippen molar-refractivity contribution in [2.75, 3.05) is 14.2 Å². The molecule has 0 aliphatic carbocycles. The van der Waals surface area contributed by atoms with Gasteiger partial charge in [0.15, 0.2) is 5.78 Å². The quantitative estimate of drug-likeness (QED) is 0.436. The molecule has 0 spiro atoms. The van der Waals surface area contributed by atoms with E-state index < -0.39 is 0 Å². The van der Waals surface area contributed by atoms with E-state index in [1.54, 1.807) is 7.11 Å². The molecule has 0 amide bonds. The van der Waals surface area contributed by atoms with Crippen molar-refractivity contribution < 1.29 is 19.1 Å². The molecule has 110 valence electrons. The maximum atomic E-state index is 12.1. The van der Waals surface area contributed by atoms with Gasteiger partial charge in [-0.3, -0.25) is 9.59 Å². The number of benzene rings is 1. The first-order chi connectivity index (χ1) is 9.49. The fraction of sp³-hybridized carbons (Fsp3) is 0.500. The molecule has 0 aliphatic rings. The lowest BCUT2D eigenvalue weighted by Crippen LogP contribution is -2.03. The Morgan fingerprint density at radius 3 is 2.05 bits per heavy atom. The van der Waals surface area contributed by atoms with Gasteiger partial charge in [0.2, 0.25) is 0 Å². The van der Waals surface area contributed by atoms with Gasteiger partial charge in [0.05, 0.1) is 14.2 Å². The van der Waals surface area contributed by atoms with Gasteiger partial charge in [0, 0.05) is 18.4 Å². The van der Waals surface area contributed by atoms with Gasteiger partial charge < -0.3 is 9.47 Å². The van der Waals surface area contributed by atoms with Crippen LogP contribution in [0.3, 0.4) is 0 Å². The molecule has 0 fully saturated rings. The predicted octanol–water partition coefficient (Wildman–Crippen LogP) is 3.23. The SMILES string of the molecule is COC(=O)CCCCC(=O)c1cc(C)c(OC)c(C)c1. The van der Waals surface area contributed by atoms with Crippen molar-refractivity contribution in [1.29, 1.82) is 0 Å². The molecule has 0 heterocycles. The predicted molar refractivity (Wildman–Crippen MR) is 77.3 cm³/mol. The van der Waals surface area contributed by atoms with Gasteiger partial charge in [-0.2, -0.15) is 0 Å². The largest absolute Gasteiger partial charge is 0.496 e. The number of esters is 1. The topological polar surface area (TPSA) is 52.6 Å². The van der Waals surface area contributed by atoms with Crippen LogP contribution in [0.15, 0.2) is 12.1 Å². The minimum atomic E-state index is -0.228. The fourth-order valence-corrected chi connectivity index (χ4v) is 2.23. The number of methoxy groups -OCH3 is 2. The lowest BCUT2D eigenvalue weighted by Gasteiger charge is -2.10. The normalized spacial score (nSPS) is 10.2. The Labute approximate surface area is 120 Å². The third kappa shape index (κ3) is 4.37. The Balaban J connectivity index is 2.58. The molecular formula is C16H22O4. The minimum absolute atomic E-state index is 0.101. The molecule has 1 aromatic carbocycles. The molecule has 4 nitrogen and oxygen atoms in total. The zero-order chi connectivity index (χ0) is 15.1. The number of rotatable bonds is 7. The number of ether oxygens (including phenoxy) is 2. The highest BCUT2D eigenvalue weighted by atomic mass is 16.5. The third-order valence-electron chi connectivity index (χ3n) is 3.25. The van der Waals surface area contributed by atoms with E-state index in [1.807, 2.05) is 26.0 Å². The van der Waals surface area contributed by atoms with Gasteiger partial charge in [-0.05, 0) is 49.9 Å². The second kappa shape index (κ2) is 7.68. The summed E-state index contributed by atoms with van der Waals surface area (Å²) in [6, 6.07) is 3.71. The van der Waals surface area contributed by atoms with E-state index in [9.17, 15) is 9.59 Å². The zero-order valence-electron chi connectivity index (χ0n) is 12.6. The number of unbranched alkanes of at least 4 members (excludes halogenated alkanes) is 1. The first kappa shape index (κ1) is 16.2. The Bertz CT molecular complexity index is 468. The van der Waals surface area contributed by atoms with E-state index in [1.165, 1.54) is 7.11 Å². The molecule has 20 heavy (non-hydrogen) atoms. The number of carbonyl (C=O) groups excluding carboxylic acids is 2. The standard InChI is InChI=1S/C16H22O4/c1-11-9-13(10-12(2)16(11)20-4)14(17)7-5-6-8-15(18)19-3/h9-10H,5-8H2,1-4H3. The van der Waals surface area contributed by atoms with E-state index in [4.69, 9.17) is 4.74 Å². The highest BCUT2D eigenvalue weighted by Gasteiger charge is 2.11. The number of Topliss-reactive ketones (excluding diaryl/α,β-unsaturated/α-hetero) is 1. The summed E-state index contributed by atoms with van der Waals surface area (Å²) in [5, 5.41) is 0. The molecule has 0 unspecified atom stereocenters. The van der Waals surface area contributed by atoms with Crippen LogP contribution in [-0.4, -0.2) is 26.0 Å². The third-order valence-corrected chi connectivity index (χ3v) is 3.25. The lowest BCUT2D eigenvalue weighted by atomic mass is 9.99. The summed E-state index contributed by atoms with van der Waals surface area (Å²) >= 11 is 0. The average Bonchev–Trinajstić information content (AvgIpc) is 2.42. The molecule has 1 aromatic rings. The molecule has 0 saturated heterocycles. The Hall–Kier alpha value is -1.84. The summed E-state index contributed by atoms with van der Waals surface area (Å²) in [4.78, 5) is 23.1. The molecule has 0 aromatic heterocycles. The van der Waals surface area contributed by atoms with Crippen LogP contribution in [-0.2, 0) is 9.53 Å². The summed E-state index contributed by atoms with van der Waals surface area (Å²) in [6.07, 6.45) is 2.18. The second-order valence-electron chi connectivity index (χ2n) is 4.85. The van der Waals surface area contributed by atoms with E-state index in [0.29, 0.717) is 31.2 Å². The first-order valence-electron chi connectivity index (χ1n) is 6.74. The van der Waals surface area contributed by atoms with Crippen molar-refractivity contribution in [2.45, 2.75) is 39.5 Å². The molecule has 0 radical (unpaired) electrons. The van der Waals surface area contributed by atoms with Gasteiger partial charge in [0.1, 0.15) is 5.75 Å². The molecule has 4 heteroatoms. The number of carbonyl (C=O) groups is 2. The van der Waals surface area contributed by atoms with Crippen molar-refractivity contribution >= 4 is 11.8 Å². The molecule has 0 N–H and O–H groups in total. The summed E-state index contributed by atoms with van der Waals surface area (Å²) in [5.41, 5.74) is 2.63. The van der Waals surface area contributed by atoms with Crippen LogP contribution in [0.25, 0.3) is 0 Å². The van der Waals surface area contributed by atoms with Crippen LogP contribution in [0.4, 0.5) is 0 Å². The van der Waals surface area contributed by atoms with Crippen LogP contribution in [0, 0.1) is 13.8 Å². The molecular weight excluding hydrogens is 256 g/mol. The van der Waals surface area contributed by atoms with Crippen LogP contribution in [0.2, 0.25) is 0 Å². The minimum Gasteiger partial charge on any atom is -0.496 e. The van der Waals surface area contributed by atoms with Crippen molar-refractivity contribution in [2.24, 2.45) is 0 Å². The van der Waals surface area contributed by atoms with Gasteiger partial charge in [-0.1, -0.05) is 0 Å². The molecule has 0 aliphatic heterocycles. The molecule has 1 rings (SSSR count). The van der Waals surface area contributed by atoms with E-state index in [-0.39, 0.29) is 11.8 Å². The highest BCUT2D eigenvalue weighted by molar-refractivity contribution is 5.96. The van der Waals surface area contributed by atoms with Crippen LogP contribution < -0.4 is 4.74 Å². The zero-order valence-corrected chi connectivity index (χ0v) is 12.6. The van der Waals surface area contributed by atoms with Gasteiger partial charge in [-0.25, -0.2) is 0 Å². The van der Waals surface area contributed by atoms with E-state index in [2.05, 4.69) is 4.74 Å². The van der Waals surface area contributed by atoms with E-state index >= 15 is 0 Å². The Kier molecular flexibility index (Phi) is 6.22. The maximum absolute atomic E-state index is 12.1. The van der Waals surface area contributed by atoms with Gasteiger partial charge in [-0.15, -0.1) is 0 Å². The average molecular weight is 278 g/mol. The Morgan fingerprint density at radius 2 is 1.55 bits per heavy atom. The smallest absolute Gasteiger partial charge is 0.305 e. The molecule has 0 saturated carbocycles. The number of ketones is 1. The van der Waals surface area contributed by atoms with Gasteiger partial charge >= 0.3 is 5.97 Å². The number of aryl methyl sites for hydroxylation is 2. The van der Waals surface area contributed by atoms with Crippen LogP contribution >= 0.6 is 0 Å². The lowest BCUT2D eigenvalue weighted by molar-refractivity contribution is -0.140. The van der Waals surface area contributed by atoms with Crippen molar-refractivity contribution in [3.8, 4) is 5.75 Å². The van der Waals surface area contributed by atoms with Crippen molar-refractivity contribution in [3.05, 3.63) is 28.8 Å². The van der Waals surface area contributed by atoms with Crippen LogP contribution in [0.5, 0.6) is 5.75 Å². The van der Waals surface area contributed by atoms with Crippen molar-refractivity contribution in [1.82, 2.24) is 0 Å². The van der Waals surface area contributed by atoms with Crippen molar-refractivity contribution in [3.63, 3.8) is 0 Å². The molecule has 0 atom stereocenters. The van der Waals surface area contributed by atoms with E-state index in [0.717, 1.165) is 16.9 Å². The fourth-order valence-electron chi connectivity index (χ4n) is 2.23. The second-order valence-corrected chi connectivity index (χ2v) is 4.85. The first-order valence-corrected chi connectivity index (χ1v) is 6.74. The molecule has 0 bridgehead atoms. The summed E-state index contributed by atoms with van der Waals surface area (Å²) in [5.74, 6) is 0.699. The number of hydrogen-bond donors (Lipinski definition) is 0.